The molecule has 1 atom stereocenters. The van der Waals surface area contributed by atoms with Gasteiger partial charge in [-0.2, -0.15) is 5.10 Å². The highest BCUT2D eigenvalue weighted by Crippen LogP contribution is 2.48. The van der Waals surface area contributed by atoms with E-state index in [4.69, 9.17) is 21.3 Å². The third-order valence-electron chi connectivity index (χ3n) is 4.88. The number of rotatable bonds is 7. The summed E-state index contributed by atoms with van der Waals surface area (Å²) in [5.74, 6) is 1.59. The molecule has 130 valence electrons. The van der Waals surface area contributed by atoms with Crippen molar-refractivity contribution in [2.75, 3.05) is 7.11 Å². The Morgan fingerprint density at radius 3 is 2.58 bits per heavy atom. The monoisotopic (exact) mass is 349 g/mol. The van der Waals surface area contributed by atoms with E-state index in [-0.39, 0.29) is 5.41 Å². The number of aliphatic hydroxyl groups excluding tert-OH is 1. The predicted octanol–water partition coefficient (Wildman–Crippen LogP) is 3.32. The lowest BCUT2D eigenvalue weighted by Gasteiger charge is -2.41. The lowest BCUT2D eigenvalue weighted by Crippen LogP contribution is -2.39. The highest BCUT2D eigenvalue weighted by atomic mass is 35.5. The highest BCUT2D eigenvalue weighted by Gasteiger charge is 2.44. The molecule has 0 radical (unpaired) electrons. The van der Waals surface area contributed by atoms with E-state index in [1.807, 2.05) is 23.7 Å². The van der Waals surface area contributed by atoms with Gasteiger partial charge in [-0.1, -0.05) is 37.1 Å². The molecule has 0 aliphatic heterocycles. The van der Waals surface area contributed by atoms with Crippen molar-refractivity contribution in [1.82, 2.24) is 14.8 Å². The van der Waals surface area contributed by atoms with E-state index in [2.05, 4.69) is 17.2 Å². The van der Waals surface area contributed by atoms with Gasteiger partial charge in [0.2, 0.25) is 0 Å². The molecule has 6 heteroatoms. The second-order valence-electron chi connectivity index (χ2n) is 6.47. The maximum absolute atomic E-state index is 10.1. The molecule has 1 aromatic heterocycles. The number of nitrogens with zero attached hydrogens (tertiary/aromatic N) is 3. The largest absolute Gasteiger partial charge is 0.391 e. The molecule has 1 N–H and O–H groups in total. The van der Waals surface area contributed by atoms with Crippen molar-refractivity contribution >= 4 is 11.6 Å². The summed E-state index contributed by atoms with van der Waals surface area (Å²) in [7, 11) is 1.64. The summed E-state index contributed by atoms with van der Waals surface area (Å²) in [4.78, 5) is 4.76. The maximum Gasteiger partial charge on any atom is 0.176 e. The van der Waals surface area contributed by atoms with Crippen LogP contribution in [0.25, 0.3) is 0 Å². The molecule has 0 amide bonds. The molecule has 1 aromatic carbocycles. The van der Waals surface area contributed by atoms with Crippen molar-refractivity contribution in [3.8, 4) is 0 Å². The quantitative estimate of drug-likeness (QED) is 0.833. The molecule has 3 rings (SSSR count). The van der Waals surface area contributed by atoms with Crippen LogP contribution in [0.15, 0.2) is 24.3 Å². The number of aliphatic hydroxyl groups is 1. The highest BCUT2D eigenvalue weighted by molar-refractivity contribution is 6.30. The zero-order chi connectivity index (χ0) is 17.2. The summed E-state index contributed by atoms with van der Waals surface area (Å²) in [6.07, 6.45) is 3.48. The first-order chi connectivity index (χ1) is 11.6. The van der Waals surface area contributed by atoms with Gasteiger partial charge in [-0.05, 0) is 37.0 Å². The van der Waals surface area contributed by atoms with Crippen LogP contribution in [0.3, 0.4) is 0 Å². The fraction of sp³-hybridized carbons (Fsp3) is 0.556. The van der Waals surface area contributed by atoms with E-state index in [0.29, 0.717) is 25.4 Å². The molecule has 1 saturated carbocycles. The second kappa shape index (κ2) is 7.21. The first-order valence-corrected chi connectivity index (χ1v) is 8.84. The van der Waals surface area contributed by atoms with E-state index in [0.717, 1.165) is 30.1 Å². The van der Waals surface area contributed by atoms with Crippen LogP contribution in [0, 0.1) is 0 Å². The van der Waals surface area contributed by atoms with Crippen molar-refractivity contribution in [1.29, 1.82) is 0 Å². The van der Waals surface area contributed by atoms with Gasteiger partial charge < -0.3 is 9.84 Å². The Bertz CT molecular complexity index is 680. The first-order valence-electron chi connectivity index (χ1n) is 8.46. The number of hydrogen-bond donors (Lipinski definition) is 1. The molecule has 1 unspecified atom stereocenters. The molecule has 0 bridgehead atoms. The fourth-order valence-corrected chi connectivity index (χ4v) is 3.46. The minimum Gasteiger partial charge on any atom is -0.391 e. The average Bonchev–Trinajstić information content (AvgIpc) is 2.91. The number of hydrogen-bond acceptors (Lipinski definition) is 4. The molecular weight excluding hydrogens is 326 g/mol. The Kier molecular flexibility index (Phi) is 5.23. The smallest absolute Gasteiger partial charge is 0.176 e. The predicted molar refractivity (Wildman–Crippen MR) is 93.1 cm³/mol. The van der Waals surface area contributed by atoms with Crippen LogP contribution in [0.4, 0.5) is 0 Å². The minimum absolute atomic E-state index is 0.142. The lowest BCUT2D eigenvalue weighted by atomic mass is 9.64. The van der Waals surface area contributed by atoms with E-state index >= 15 is 0 Å². The van der Waals surface area contributed by atoms with Crippen molar-refractivity contribution in [3.63, 3.8) is 0 Å². The van der Waals surface area contributed by atoms with Crippen LogP contribution >= 0.6 is 11.6 Å². The van der Waals surface area contributed by atoms with Crippen LogP contribution in [0.2, 0.25) is 5.02 Å². The Labute approximate surface area is 147 Å². The summed E-state index contributed by atoms with van der Waals surface area (Å²) in [5.41, 5.74) is 1.07. The normalized spacial score (nSPS) is 17.5. The number of methoxy groups -OCH3 is 1. The van der Waals surface area contributed by atoms with Gasteiger partial charge in [0.15, 0.2) is 5.82 Å². The maximum atomic E-state index is 10.1. The average molecular weight is 350 g/mol. The van der Waals surface area contributed by atoms with Gasteiger partial charge in [-0.3, -0.25) is 0 Å². The molecule has 2 aromatic rings. The Morgan fingerprint density at radius 2 is 2.04 bits per heavy atom. The molecule has 0 saturated heterocycles. The van der Waals surface area contributed by atoms with Crippen molar-refractivity contribution in [3.05, 3.63) is 46.5 Å². The molecule has 1 fully saturated rings. The summed E-state index contributed by atoms with van der Waals surface area (Å²) in [6.45, 7) is 2.80. The standard InChI is InChI=1S/C18H24ClN3O2/c1-3-15(23)11-22-17(20-16(21-22)12-24-2)18(9-4-10-18)13-5-7-14(19)8-6-13/h5-8,15,23H,3-4,9-12H2,1-2H3. The minimum atomic E-state index is -0.428. The van der Waals surface area contributed by atoms with Crippen molar-refractivity contribution < 1.29 is 9.84 Å². The Balaban J connectivity index is 2.02. The molecule has 24 heavy (non-hydrogen) atoms. The van der Waals surface area contributed by atoms with E-state index < -0.39 is 6.10 Å². The van der Waals surface area contributed by atoms with E-state index in [1.54, 1.807) is 7.11 Å². The first kappa shape index (κ1) is 17.4. The third kappa shape index (κ3) is 3.21. The number of halogens is 1. The van der Waals surface area contributed by atoms with Crippen LogP contribution in [0.1, 0.15) is 49.8 Å². The van der Waals surface area contributed by atoms with Gasteiger partial charge in [-0.25, -0.2) is 9.67 Å². The number of benzene rings is 1. The molecule has 0 spiro atoms. The fourth-order valence-electron chi connectivity index (χ4n) is 3.33. The molecule has 1 heterocycles. The van der Waals surface area contributed by atoms with Crippen molar-refractivity contribution in [2.24, 2.45) is 0 Å². The topological polar surface area (TPSA) is 60.2 Å². The Hall–Kier alpha value is -1.43. The van der Waals surface area contributed by atoms with Gasteiger partial charge in [0.05, 0.1) is 18.1 Å². The van der Waals surface area contributed by atoms with Crippen LogP contribution in [-0.2, 0) is 23.3 Å². The lowest BCUT2D eigenvalue weighted by molar-refractivity contribution is 0.138. The van der Waals surface area contributed by atoms with Crippen molar-refractivity contribution in [2.45, 2.75) is 57.3 Å². The molecule has 1 aliphatic carbocycles. The van der Waals surface area contributed by atoms with E-state index in [9.17, 15) is 5.11 Å². The SMILES string of the molecule is CCC(O)Cn1nc(COC)nc1C1(c2ccc(Cl)cc2)CCC1. The molecule has 1 aliphatic rings. The van der Waals surface area contributed by atoms with Crippen LogP contribution in [-0.4, -0.2) is 33.1 Å². The van der Waals surface area contributed by atoms with Crippen LogP contribution < -0.4 is 0 Å². The molecule has 5 nitrogen and oxygen atoms in total. The Morgan fingerprint density at radius 1 is 1.33 bits per heavy atom. The molecular formula is C18H24ClN3O2. The van der Waals surface area contributed by atoms with Gasteiger partial charge >= 0.3 is 0 Å². The second-order valence-corrected chi connectivity index (χ2v) is 6.91. The summed E-state index contributed by atoms with van der Waals surface area (Å²) >= 11 is 6.05. The van der Waals surface area contributed by atoms with Crippen LogP contribution in [0.5, 0.6) is 0 Å². The third-order valence-corrected chi connectivity index (χ3v) is 5.13. The van der Waals surface area contributed by atoms with Gasteiger partial charge in [0.1, 0.15) is 12.4 Å². The zero-order valence-corrected chi connectivity index (χ0v) is 15.0. The summed E-state index contributed by atoms with van der Waals surface area (Å²) in [5, 5.41) is 15.4. The number of ether oxygens (including phenoxy) is 1. The zero-order valence-electron chi connectivity index (χ0n) is 14.2. The van der Waals surface area contributed by atoms with E-state index in [1.165, 1.54) is 5.56 Å². The summed E-state index contributed by atoms with van der Waals surface area (Å²) < 4.78 is 7.07. The summed E-state index contributed by atoms with van der Waals surface area (Å²) in [6, 6.07) is 8.00. The van der Waals surface area contributed by atoms with Gasteiger partial charge in [0, 0.05) is 12.1 Å². The number of aromatic nitrogens is 3. The van der Waals surface area contributed by atoms with Gasteiger partial charge in [-0.15, -0.1) is 0 Å². The van der Waals surface area contributed by atoms with Gasteiger partial charge in [0.25, 0.3) is 0 Å².